The van der Waals surface area contributed by atoms with E-state index in [1.165, 1.54) is 0 Å². The van der Waals surface area contributed by atoms with E-state index in [2.05, 4.69) is 21.5 Å². The van der Waals surface area contributed by atoms with E-state index in [0.29, 0.717) is 11.4 Å². The minimum Gasteiger partial charge on any atom is -0.341 e. The fourth-order valence-corrected chi connectivity index (χ4v) is 4.03. The first-order valence-corrected chi connectivity index (χ1v) is 9.86. The van der Waals surface area contributed by atoms with Crippen LogP contribution in [0.1, 0.15) is 12.5 Å². The van der Waals surface area contributed by atoms with Crippen molar-refractivity contribution in [3.63, 3.8) is 0 Å². The summed E-state index contributed by atoms with van der Waals surface area (Å²) in [6.07, 6.45) is 1.67. The van der Waals surface area contributed by atoms with Crippen molar-refractivity contribution in [3.8, 4) is 0 Å². The zero-order valence-corrected chi connectivity index (χ0v) is 15.6. The molecular formula is C20H21N3O2S. The third kappa shape index (κ3) is 3.86. The number of aryl methyl sites for hydroxylation is 1. The van der Waals surface area contributed by atoms with E-state index in [1.54, 1.807) is 37.4 Å². The van der Waals surface area contributed by atoms with E-state index in [-0.39, 0.29) is 4.90 Å². The molecule has 6 heteroatoms. The van der Waals surface area contributed by atoms with E-state index in [9.17, 15) is 8.42 Å². The normalized spacial score (nSPS) is 11.2. The molecule has 0 aliphatic carbocycles. The lowest BCUT2D eigenvalue weighted by molar-refractivity contribution is 0.600. The van der Waals surface area contributed by atoms with Crippen LogP contribution in [-0.2, 0) is 10.0 Å². The fourth-order valence-electron chi connectivity index (χ4n) is 2.78. The third-order valence-corrected chi connectivity index (χ3v) is 5.58. The highest BCUT2D eigenvalue weighted by atomic mass is 32.2. The predicted octanol–water partition coefficient (Wildman–Crippen LogP) is 4.35. The van der Waals surface area contributed by atoms with Gasteiger partial charge in [-0.15, -0.1) is 0 Å². The maximum absolute atomic E-state index is 12.6. The van der Waals surface area contributed by atoms with Gasteiger partial charge in [0.2, 0.25) is 0 Å². The number of rotatable bonds is 6. The van der Waals surface area contributed by atoms with Crippen LogP contribution >= 0.6 is 0 Å². The molecule has 0 bridgehead atoms. The number of sulfonamides is 1. The van der Waals surface area contributed by atoms with Crippen molar-refractivity contribution in [2.45, 2.75) is 18.7 Å². The number of pyridine rings is 1. The van der Waals surface area contributed by atoms with Crippen molar-refractivity contribution in [2.75, 3.05) is 16.2 Å². The second kappa shape index (κ2) is 7.58. The van der Waals surface area contributed by atoms with Gasteiger partial charge in [-0.25, -0.2) is 13.4 Å². The van der Waals surface area contributed by atoms with Crippen molar-refractivity contribution >= 4 is 27.2 Å². The zero-order chi connectivity index (χ0) is 18.6. The SMILES string of the molecule is CCN(c1ccccc1)c1ccc(NS(=O)(=O)c2ccccc2C)nc1. The highest BCUT2D eigenvalue weighted by Crippen LogP contribution is 2.25. The van der Waals surface area contributed by atoms with E-state index in [0.717, 1.165) is 17.9 Å². The Kier molecular flexibility index (Phi) is 5.23. The molecule has 3 rings (SSSR count). The molecule has 0 unspecified atom stereocenters. The van der Waals surface area contributed by atoms with Crippen LogP contribution in [0.4, 0.5) is 17.2 Å². The second-order valence-electron chi connectivity index (χ2n) is 5.85. The number of hydrogen-bond donors (Lipinski definition) is 1. The molecule has 0 amide bonds. The molecule has 2 aromatic carbocycles. The highest BCUT2D eigenvalue weighted by molar-refractivity contribution is 7.92. The third-order valence-electron chi connectivity index (χ3n) is 4.07. The first-order valence-electron chi connectivity index (χ1n) is 8.38. The molecule has 0 aliphatic rings. The molecule has 26 heavy (non-hydrogen) atoms. The lowest BCUT2D eigenvalue weighted by atomic mass is 10.2. The zero-order valence-electron chi connectivity index (χ0n) is 14.8. The molecule has 0 saturated heterocycles. The average molecular weight is 367 g/mol. The molecule has 134 valence electrons. The van der Waals surface area contributed by atoms with Crippen LogP contribution < -0.4 is 9.62 Å². The number of benzene rings is 2. The van der Waals surface area contributed by atoms with Gasteiger partial charge in [-0.2, -0.15) is 0 Å². The summed E-state index contributed by atoms with van der Waals surface area (Å²) in [5, 5.41) is 0. The van der Waals surface area contributed by atoms with Gasteiger partial charge in [-0.1, -0.05) is 36.4 Å². The van der Waals surface area contributed by atoms with Crippen LogP contribution in [-0.4, -0.2) is 19.9 Å². The monoisotopic (exact) mass is 367 g/mol. The van der Waals surface area contributed by atoms with Gasteiger partial charge in [0.25, 0.3) is 10.0 Å². The number of nitrogens with one attached hydrogen (secondary N) is 1. The van der Waals surface area contributed by atoms with Gasteiger partial charge in [0.1, 0.15) is 5.82 Å². The maximum Gasteiger partial charge on any atom is 0.263 e. The van der Waals surface area contributed by atoms with Crippen molar-refractivity contribution in [1.82, 2.24) is 4.98 Å². The number of aromatic nitrogens is 1. The van der Waals surface area contributed by atoms with Gasteiger partial charge in [0.05, 0.1) is 16.8 Å². The summed E-state index contributed by atoms with van der Waals surface area (Å²) < 4.78 is 27.7. The lowest BCUT2D eigenvalue weighted by Gasteiger charge is -2.23. The number of hydrogen-bond acceptors (Lipinski definition) is 4. The van der Waals surface area contributed by atoms with E-state index in [1.807, 2.05) is 42.5 Å². The number of nitrogens with zero attached hydrogens (tertiary/aromatic N) is 2. The molecule has 0 spiro atoms. The lowest BCUT2D eigenvalue weighted by Crippen LogP contribution is -2.17. The summed E-state index contributed by atoms with van der Waals surface area (Å²) in [5.74, 6) is 0.293. The average Bonchev–Trinajstić information content (AvgIpc) is 2.64. The van der Waals surface area contributed by atoms with Crippen molar-refractivity contribution in [2.24, 2.45) is 0 Å². The Morgan fingerprint density at radius 3 is 2.23 bits per heavy atom. The van der Waals surface area contributed by atoms with Crippen LogP contribution in [0.5, 0.6) is 0 Å². The first kappa shape index (κ1) is 17.9. The molecule has 0 radical (unpaired) electrons. The van der Waals surface area contributed by atoms with Gasteiger partial charge in [0.15, 0.2) is 0 Å². The molecule has 1 aromatic heterocycles. The van der Waals surface area contributed by atoms with Gasteiger partial charge >= 0.3 is 0 Å². The summed E-state index contributed by atoms with van der Waals surface area (Å²) in [5.41, 5.74) is 2.65. The van der Waals surface area contributed by atoms with Crippen LogP contribution in [0.2, 0.25) is 0 Å². The summed E-state index contributed by atoms with van der Waals surface area (Å²) in [6, 6.07) is 20.4. The molecule has 1 N–H and O–H groups in total. The Labute approximate surface area is 154 Å². The maximum atomic E-state index is 12.6. The molecule has 0 atom stereocenters. The Morgan fingerprint density at radius 2 is 1.62 bits per heavy atom. The number of para-hydroxylation sites is 1. The van der Waals surface area contributed by atoms with Crippen LogP contribution in [0.25, 0.3) is 0 Å². The largest absolute Gasteiger partial charge is 0.341 e. The molecule has 3 aromatic rings. The highest BCUT2D eigenvalue weighted by Gasteiger charge is 2.17. The molecule has 0 aliphatic heterocycles. The molecule has 0 saturated carbocycles. The summed E-state index contributed by atoms with van der Waals surface area (Å²) >= 11 is 0. The summed E-state index contributed by atoms with van der Waals surface area (Å²) in [6.45, 7) is 4.60. The van der Waals surface area contributed by atoms with Crippen LogP contribution in [0.15, 0.2) is 77.8 Å². The molecule has 5 nitrogen and oxygen atoms in total. The Morgan fingerprint density at radius 1 is 0.923 bits per heavy atom. The Bertz CT molecular complexity index is 971. The molecule has 0 fully saturated rings. The molecule has 1 heterocycles. The summed E-state index contributed by atoms with van der Waals surface area (Å²) in [4.78, 5) is 6.64. The standard InChI is InChI=1S/C20H21N3O2S/c1-3-23(17-10-5-4-6-11-17)18-13-14-20(21-15-18)22-26(24,25)19-12-8-7-9-16(19)2/h4-15H,3H2,1-2H3,(H,21,22). The summed E-state index contributed by atoms with van der Waals surface area (Å²) in [7, 11) is -3.66. The Balaban J connectivity index is 1.83. The van der Waals surface area contributed by atoms with E-state index < -0.39 is 10.0 Å². The van der Waals surface area contributed by atoms with E-state index >= 15 is 0 Å². The van der Waals surface area contributed by atoms with Gasteiger partial charge in [-0.05, 0) is 49.7 Å². The second-order valence-corrected chi connectivity index (χ2v) is 7.50. The fraction of sp³-hybridized carbons (Fsp3) is 0.150. The topological polar surface area (TPSA) is 62.3 Å². The van der Waals surface area contributed by atoms with Crippen LogP contribution in [0.3, 0.4) is 0 Å². The van der Waals surface area contributed by atoms with Gasteiger partial charge in [0, 0.05) is 12.2 Å². The smallest absolute Gasteiger partial charge is 0.263 e. The minimum atomic E-state index is -3.66. The van der Waals surface area contributed by atoms with Crippen molar-refractivity contribution in [1.29, 1.82) is 0 Å². The first-order chi connectivity index (χ1) is 12.5. The van der Waals surface area contributed by atoms with E-state index in [4.69, 9.17) is 0 Å². The Hall–Kier alpha value is -2.86. The van der Waals surface area contributed by atoms with Gasteiger partial charge in [-0.3, -0.25) is 4.72 Å². The molecular weight excluding hydrogens is 346 g/mol. The van der Waals surface area contributed by atoms with Crippen molar-refractivity contribution < 1.29 is 8.42 Å². The predicted molar refractivity (Wildman–Crippen MR) is 105 cm³/mol. The van der Waals surface area contributed by atoms with Crippen molar-refractivity contribution in [3.05, 3.63) is 78.5 Å². The van der Waals surface area contributed by atoms with Crippen LogP contribution in [0, 0.1) is 6.92 Å². The number of anilines is 3. The van der Waals surface area contributed by atoms with Gasteiger partial charge < -0.3 is 4.90 Å². The quantitative estimate of drug-likeness (QED) is 0.704. The minimum absolute atomic E-state index is 0.255.